The number of benzene rings is 1. The number of sulfonamides is 1. The van der Waals surface area contributed by atoms with Crippen LogP contribution in [-0.4, -0.2) is 24.3 Å². The van der Waals surface area contributed by atoms with E-state index < -0.39 is 32.6 Å². The van der Waals surface area contributed by atoms with E-state index in [0.717, 1.165) is 17.7 Å². The smallest absolute Gasteiger partial charge is 0.246 e. The first-order chi connectivity index (χ1) is 10.9. The molecule has 0 saturated carbocycles. The minimum absolute atomic E-state index is 0.0756. The Labute approximate surface area is 133 Å². The fraction of sp³-hybridized carbons (Fsp3) is 0.312. The third kappa shape index (κ3) is 2.86. The zero-order valence-corrected chi connectivity index (χ0v) is 13.4. The van der Waals surface area contributed by atoms with Gasteiger partial charge in [0.25, 0.3) is 0 Å². The summed E-state index contributed by atoms with van der Waals surface area (Å²) in [6.07, 6.45) is 4.49. The molecule has 2 aromatic rings. The molecule has 122 valence electrons. The molecular weight excluding hydrogens is 322 g/mol. The van der Waals surface area contributed by atoms with Crippen LogP contribution in [0.4, 0.5) is 8.78 Å². The summed E-state index contributed by atoms with van der Waals surface area (Å²) in [5.74, 6) is -1.66. The zero-order chi connectivity index (χ0) is 16.6. The van der Waals surface area contributed by atoms with E-state index in [1.165, 1.54) is 11.2 Å². The molecule has 1 fully saturated rings. The largest absolute Gasteiger partial charge is 0.264 e. The second-order valence-corrected chi connectivity index (χ2v) is 7.45. The topological polar surface area (TPSA) is 50.3 Å². The Hall–Kier alpha value is -1.86. The number of nitrogens with zero attached hydrogens (tertiary/aromatic N) is 2. The van der Waals surface area contributed by atoms with Gasteiger partial charge in [-0.05, 0) is 49.1 Å². The maximum absolute atomic E-state index is 14.1. The fourth-order valence-corrected chi connectivity index (χ4v) is 4.63. The fourth-order valence-electron chi connectivity index (χ4n) is 2.89. The van der Waals surface area contributed by atoms with Gasteiger partial charge < -0.3 is 0 Å². The number of pyridine rings is 1. The summed E-state index contributed by atoms with van der Waals surface area (Å²) in [6.45, 7) is 1.67. The molecular formula is C16H16F2N2O2S. The van der Waals surface area contributed by atoms with Gasteiger partial charge in [-0.2, -0.15) is 4.31 Å². The van der Waals surface area contributed by atoms with Gasteiger partial charge in [0.2, 0.25) is 10.0 Å². The summed E-state index contributed by atoms with van der Waals surface area (Å²) in [6, 6.07) is 4.79. The lowest BCUT2D eigenvalue weighted by Crippen LogP contribution is -2.31. The number of rotatable bonds is 3. The second-order valence-electron chi connectivity index (χ2n) is 5.59. The van der Waals surface area contributed by atoms with E-state index in [-0.39, 0.29) is 12.1 Å². The zero-order valence-electron chi connectivity index (χ0n) is 12.5. The van der Waals surface area contributed by atoms with Crippen LogP contribution < -0.4 is 0 Å². The summed E-state index contributed by atoms with van der Waals surface area (Å²) in [5, 5.41) is 0. The molecule has 1 aromatic heterocycles. The van der Waals surface area contributed by atoms with Crippen LogP contribution in [0.2, 0.25) is 0 Å². The Balaban J connectivity index is 2.04. The first-order valence-corrected chi connectivity index (χ1v) is 8.72. The van der Waals surface area contributed by atoms with Gasteiger partial charge in [-0.15, -0.1) is 0 Å². The second kappa shape index (κ2) is 5.98. The predicted molar refractivity (Wildman–Crippen MR) is 81.2 cm³/mol. The Morgan fingerprint density at radius 1 is 1.26 bits per heavy atom. The molecule has 1 aliphatic rings. The van der Waals surface area contributed by atoms with Crippen molar-refractivity contribution in [3.8, 4) is 0 Å². The highest BCUT2D eigenvalue weighted by Gasteiger charge is 2.38. The molecule has 1 aliphatic heterocycles. The summed E-state index contributed by atoms with van der Waals surface area (Å²) in [5.41, 5.74) is 0.827. The van der Waals surface area contributed by atoms with E-state index in [1.54, 1.807) is 24.5 Å². The molecule has 0 aliphatic carbocycles. The number of hydrogen-bond acceptors (Lipinski definition) is 3. The quantitative estimate of drug-likeness (QED) is 0.863. The lowest BCUT2D eigenvalue weighted by molar-refractivity contribution is 0.392. The van der Waals surface area contributed by atoms with Crippen LogP contribution in [0.3, 0.4) is 0 Å². The standard InChI is InChI=1S/C16H16F2N2O2S/c1-11-8-14(18)16(9-13(11)17)23(21,22)20-7-3-5-15(20)12-4-2-6-19-10-12/h2,4,6,8-10,15H,3,5,7H2,1H3. The van der Waals surface area contributed by atoms with Crippen LogP contribution in [0.5, 0.6) is 0 Å². The molecule has 1 aromatic carbocycles. The van der Waals surface area contributed by atoms with Gasteiger partial charge in [0.05, 0.1) is 6.04 Å². The van der Waals surface area contributed by atoms with E-state index in [2.05, 4.69) is 4.98 Å². The van der Waals surface area contributed by atoms with E-state index >= 15 is 0 Å². The molecule has 0 radical (unpaired) electrons. The van der Waals surface area contributed by atoms with Crippen molar-refractivity contribution in [2.24, 2.45) is 0 Å². The molecule has 2 heterocycles. The van der Waals surface area contributed by atoms with Crippen molar-refractivity contribution in [2.75, 3.05) is 6.54 Å². The lowest BCUT2D eigenvalue weighted by Gasteiger charge is -2.24. The van der Waals surface area contributed by atoms with E-state index in [4.69, 9.17) is 0 Å². The molecule has 7 heteroatoms. The summed E-state index contributed by atoms with van der Waals surface area (Å²) in [4.78, 5) is 3.39. The maximum Gasteiger partial charge on any atom is 0.246 e. The van der Waals surface area contributed by atoms with Gasteiger partial charge in [0, 0.05) is 18.9 Å². The molecule has 1 unspecified atom stereocenters. The van der Waals surface area contributed by atoms with Gasteiger partial charge in [0.1, 0.15) is 16.5 Å². The highest BCUT2D eigenvalue weighted by Crippen LogP contribution is 2.37. The molecule has 23 heavy (non-hydrogen) atoms. The van der Waals surface area contributed by atoms with Gasteiger partial charge >= 0.3 is 0 Å². The lowest BCUT2D eigenvalue weighted by atomic mass is 10.1. The normalized spacial score (nSPS) is 19.2. The van der Waals surface area contributed by atoms with Crippen LogP contribution in [0.1, 0.15) is 30.0 Å². The molecule has 0 N–H and O–H groups in total. The average Bonchev–Trinajstić information content (AvgIpc) is 3.02. The molecule has 0 amide bonds. The van der Waals surface area contributed by atoms with E-state index in [0.29, 0.717) is 12.8 Å². The minimum atomic E-state index is -4.12. The number of aryl methyl sites for hydroxylation is 1. The number of aromatic nitrogens is 1. The highest BCUT2D eigenvalue weighted by atomic mass is 32.2. The maximum atomic E-state index is 14.1. The van der Waals surface area contributed by atoms with Crippen molar-refractivity contribution in [1.82, 2.24) is 9.29 Å². The predicted octanol–water partition coefficient (Wildman–Crippen LogP) is 3.19. The first-order valence-electron chi connectivity index (χ1n) is 7.28. The number of hydrogen-bond donors (Lipinski definition) is 0. The molecule has 1 atom stereocenters. The Bertz CT molecular complexity index is 825. The van der Waals surface area contributed by atoms with E-state index in [9.17, 15) is 17.2 Å². The molecule has 0 spiro atoms. The molecule has 3 rings (SSSR count). The van der Waals surface area contributed by atoms with Crippen molar-refractivity contribution < 1.29 is 17.2 Å². The van der Waals surface area contributed by atoms with Crippen molar-refractivity contribution in [3.63, 3.8) is 0 Å². The highest BCUT2D eigenvalue weighted by molar-refractivity contribution is 7.89. The van der Waals surface area contributed by atoms with Gasteiger partial charge in [-0.25, -0.2) is 17.2 Å². The van der Waals surface area contributed by atoms with Crippen LogP contribution >= 0.6 is 0 Å². The molecule has 4 nitrogen and oxygen atoms in total. The van der Waals surface area contributed by atoms with Crippen LogP contribution in [-0.2, 0) is 10.0 Å². The van der Waals surface area contributed by atoms with Gasteiger partial charge in [0.15, 0.2) is 0 Å². The third-order valence-electron chi connectivity index (χ3n) is 4.07. The summed E-state index contributed by atoms with van der Waals surface area (Å²) >= 11 is 0. The Morgan fingerprint density at radius 2 is 2.04 bits per heavy atom. The SMILES string of the molecule is Cc1cc(F)c(S(=O)(=O)N2CCCC2c2cccnc2)cc1F. The average molecular weight is 338 g/mol. The van der Waals surface area contributed by atoms with Gasteiger partial charge in [-0.1, -0.05) is 6.07 Å². The van der Waals surface area contributed by atoms with Crippen LogP contribution in [0.25, 0.3) is 0 Å². The van der Waals surface area contributed by atoms with E-state index in [1.807, 2.05) is 0 Å². The first kappa shape index (κ1) is 16.0. The minimum Gasteiger partial charge on any atom is -0.264 e. The van der Waals surface area contributed by atoms with Crippen LogP contribution in [0.15, 0.2) is 41.6 Å². The molecule has 0 bridgehead atoms. The molecule has 1 saturated heterocycles. The summed E-state index contributed by atoms with van der Waals surface area (Å²) in [7, 11) is -4.12. The van der Waals surface area contributed by atoms with Gasteiger partial charge in [-0.3, -0.25) is 4.98 Å². The monoisotopic (exact) mass is 338 g/mol. The van der Waals surface area contributed by atoms with Crippen LogP contribution in [0, 0.1) is 18.6 Å². The third-order valence-corrected chi connectivity index (χ3v) is 6.00. The van der Waals surface area contributed by atoms with Crippen molar-refractivity contribution >= 4 is 10.0 Å². The van der Waals surface area contributed by atoms with Crippen molar-refractivity contribution in [2.45, 2.75) is 30.7 Å². The van der Waals surface area contributed by atoms with Crippen molar-refractivity contribution in [1.29, 1.82) is 0 Å². The number of halogens is 2. The Morgan fingerprint density at radius 3 is 2.74 bits per heavy atom. The Kier molecular flexibility index (Phi) is 4.16. The summed E-state index contributed by atoms with van der Waals surface area (Å²) < 4.78 is 54.7. The van der Waals surface area contributed by atoms with Crippen molar-refractivity contribution in [3.05, 3.63) is 59.4 Å².